The minimum atomic E-state index is 0.261. The quantitative estimate of drug-likeness (QED) is 0.594. The van der Waals surface area contributed by atoms with Gasteiger partial charge in [-0.15, -0.1) is 0 Å². The van der Waals surface area contributed by atoms with Gasteiger partial charge in [-0.25, -0.2) is 4.98 Å². The summed E-state index contributed by atoms with van der Waals surface area (Å²) in [5, 5.41) is 0. The average Bonchev–Trinajstić information content (AvgIpc) is 2.78. The smallest absolute Gasteiger partial charge is 0.196 e. The van der Waals surface area contributed by atoms with Gasteiger partial charge in [0.2, 0.25) is 0 Å². The van der Waals surface area contributed by atoms with Crippen LogP contribution in [0, 0.1) is 5.41 Å². The van der Waals surface area contributed by atoms with Crippen LogP contribution < -0.4 is 0 Å². The number of hydrogen-bond acceptors (Lipinski definition) is 2. The second kappa shape index (κ2) is 7.13. The van der Waals surface area contributed by atoms with Crippen LogP contribution in [-0.4, -0.2) is 4.98 Å². The first-order chi connectivity index (χ1) is 9.08. The van der Waals surface area contributed by atoms with Crippen LogP contribution in [0.3, 0.4) is 0 Å². The highest BCUT2D eigenvalue weighted by Gasteiger charge is 2.24. The second-order valence-corrected chi connectivity index (χ2v) is 5.25. The van der Waals surface area contributed by atoms with Gasteiger partial charge >= 0.3 is 0 Å². The zero-order valence-electron chi connectivity index (χ0n) is 12.4. The van der Waals surface area contributed by atoms with Crippen molar-refractivity contribution in [2.24, 2.45) is 5.41 Å². The predicted octanol–water partition coefficient (Wildman–Crippen LogP) is 5.28. The molecule has 1 aromatic heterocycles. The molecule has 1 unspecified atom stereocenters. The van der Waals surface area contributed by atoms with E-state index in [9.17, 15) is 0 Å². The third-order valence-electron chi connectivity index (χ3n) is 3.59. The number of aromatic nitrogens is 1. The van der Waals surface area contributed by atoms with E-state index in [0.29, 0.717) is 0 Å². The molecule has 2 nitrogen and oxygen atoms in total. The Hall–Kier alpha value is -1.57. The zero-order valence-corrected chi connectivity index (χ0v) is 12.4. The summed E-state index contributed by atoms with van der Waals surface area (Å²) in [6.45, 7) is 14.2. The van der Waals surface area contributed by atoms with Gasteiger partial charge in [-0.3, -0.25) is 0 Å². The average molecular weight is 259 g/mol. The summed E-state index contributed by atoms with van der Waals surface area (Å²) in [5.41, 5.74) is 1.09. The summed E-state index contributed by atoms with van der Waals surface area (Å²) >= 11 is 0. The highest BCUT2D eigenvalue weighted by Crippen LogP contribution is 2.32. The molecule has 0 aliphatic heterocycles. The first-order valence-corrected chi connectivity index (χ1v) is 6.99. The van der Waals surface area contributed by atoms with E-state index < -0.39 is 0 Å². The normalized spacial score (nSPS) is 14.5. The molecule has 0 N–H and O–H groups in total. The zero-order chi connectivity index (χ0) is 14.3. The molecule has 0 radical (unpaired) electrons. The van der Waals surface area contributed by atoms with E-state index in [1.807, 2.05) is 12.2 Å². The monoisotopic (exact) mass is 259 g/mol. The van der Waals surface area contributed by atoms with Crippen LogP contribution in [0.4, 0.5) is 0 Å². The third kappa shape index (κ3) is 4.23. The molecule has 19 heavy (non-hydrogen) atoms. The molecule has 0 amide bonds. The Kier molecular flexibility index (Phi) is 5.81. The van der Waals surface area contributed by atoms with Crippen molar-refractivity contribution in [2.75, 3.05) is 0 Å². The van der Waals surface area contributed by atoms with Gasteiger partial charge in [0.1, 0.15) is 5.69 Å². The summed E-state index contributed by atoms with van der Waals surface area (Å²) in [5.74, 6) is 1.54. The number of allylic oxidation sites excluding steroid dienone is 2. The van der Waals surface area contributed by atoms with Gasteiger partial charge in [0.25, 0.3) is 0 Å². The lowest BCUT2D eigenvalue weighted by atomic mass is 9.80. The van der Waals surface area contributed by atoms with Gasteiger partial charge in [-0.05, 0) is 24.0 Å². The van der Waals surface area contributed by atoms with Crippen LogP contribution in [0.25, 0.3) is 12.2 Å². The fourth-order valence-electron chi connectivity index (χ4n) is 2.25. The lowest BCUT2D eigenvalue weighted by molar-refractivity contribution is 0.254. The molecule has 0 bridgehead atoms. The Morgan fingerprint density at radius 3 is 2.58 bits per heavy atom. The highest BCUT2D eigenvalue weighted by molar-refractivity contribution is 5.58. The molecule has 104 valence electrons. The second-order valence-electron chi connectivity index (χ2n) is 5.25. The van der Waals surface area contributed by atoms with E-state index in [1.165, 1.54) is 12.8 Å². The van der Waals surface area contributed by atoms with E-state index in [4.69, 9.17) is 4.42 Å². The SMILES string of the molecule is C=C/C=C\c1nc(CC(C)(CC)CCC)oc1C=C. The molecule has 2 heteroatoms. The highest BCUT2D eigenvalue weighted by atomic mass is 16.4. The fraction of sp³-hybridized carbons (Fsp3) is 0.471. The molecular formula is C17H25NO. The summed E-state index contributed by atoms with van der Waals surface area (Å²) in [4.78, 5) is 4.56. The van der Waals surface area contributed by atoms with E-state index in [0.717, 1.165) is 30.2 Å². The Labute approximate surface area is 116 Å². The fourth-order valence-corrected chi connectivity index (χ4v) is 2.25. The van der Waals surface area contributed by atoms with Gasteiger partial charge in [0, 0.05) is 6.42 Å². The van der Waals surface area contributed by atoms with Crippen LogP contribution in [0.1, 0.15) is 57.4 Å². The molecule has 1 atom stereocenters. The minimum absolute atomic E-state index is 0.261. The Balaban J connectivity index is 2.95. The van der Waals surface area contributed by atoms with Crippen LogP contribution >= 0.6 is 0 Å². The van der Waals surface area contributed by atoms with E-state index in [-0.39, 0.29) is 5.41 Å². The van der Waals surface area contributed by atoms with E-state index in [1.54, 1.807) is 12.2 Å². The van der Waals surface area contributed by atoms with Crippen LogP contribution in [0.5, 0.6) is 0 Å². The first-order valence-electron chi connectivity index (χ1n) is 6.99. The van der Waals surface area contributed by atoms with Crippen LogP contribution in [0.15, 0.2) is 29.7 Å². The van der Waals surface area contributed by atoms with Gasteiger partial charge in [-0.2, -0.15) is 0 Å². The summed E-state index contributed by atoms with van der Waals surface area (Å²) in [7, 11) is 0. The number of nitrogens with zero attached hydrogens (tertiary/aromatic N) is 1. The van der Waals surface area contributed by atoms with Gasteiger partial charge in [0.05, 0.1) is 0 Å². The molecule has 1 rings (SSSR count). The maximum absolute atomic E-state index is 5.79. The first kappa shape index (κ1) is 15.5. The van der Waals surface area contributed by atoms with Crippen molar-refractivity contribution in [3.8, 4) is 0 Å². The summed E-state index contributed by atoms with van der Waals surface area (Å²) in [6.07, 6.45) is 11.6. The summed E-state index contributed by atoms with van der Waals surface area (Å²) in [6, 6.07) is 0. The Morgan fingerprint density at radius 1 is 1.32 bits per heavy atom. The lowest BCUT2D eigenvalue weighted by Gasteiger charge is -2.26. The van der Waals surface area contributed by atoms with Crippen molar-refractivity contribution in [1.82, 2.24) is 4.98 Å². The molecule has 0 saturated carbocycles. The molecule has 1 aromatic rings. The topological polar surface area (TPSA) is 26.0 Å². The lowest BCUT2D eigenvalue weighted by Crippen LogP contribution is -2.18. The number of hydrogen-bond donors (Lipinski definition) is 0. The largest absolute Gasteiger partial charge is 0.441 e. The summed E-state index contributed by atoms with van der Waals surface area (Å²) < 4.78 is 5.79. The molecule has 0 saturated heterocycles. The molecular weight excluding hydrogens is 234 g/mol. The van der Waals surface area contributed by atoms with Crippen LogP contribution in [-0.2, 0) is 6.42 Å². The van der Waals surface area contributed by atoms with E-state index in [2.05, 4.69) is 38.9 Å². The molecule has 0 aliphatic rings. The van der Waals surface area contributed by atoms with Crippen molar-refractivity contribution < 1.29 is 4.42 Å². The number of rotatable bonds is 8. The van der Waals surface area contributed by atoms with Crippen molar-refractivity contribution >= 4 is 12.2 Å². The standard InChI is InChI=1S/C17H25NO/c1-6-10-11-14-15(8-3)19-16(18-14)13-17(5,9-4)12-7-2/h6,8,10-11H,1,3,7,9,12-13H2,2,4-5H3/b11-10-. The van der Waals surface area contributed by atoms with Crippen molar-refractivity contribution in [3.63, 3.8) is 0 Å². The minimum Gasteiger partial charge on any atom is -0.441 e. The van der Waals surface area contributed by atoms with Gasteiger partial charge in [0.15, 0.2) is 11.7 Å². The van der Waals surface area contributed by atoms with Crippen molar-refractivity contribution in [1.29, 1.82) is 0 Å². The molecule has 0 spiro atoms. The Bertz CT molecular complexity index is 456. The molecule has 1 heterocycles. The molecule has 0 aromatic carbocycles. The van der Waals surface area contributed by atoms with Gasteiger partial charge < -0.3 is 4.42 Å². The third-order valence-corrected chi connectivity index (χ3v) is 3.59. The molecule has 0 aliphatic carbocycles. The van der Waals surface area contributed by atoms with Gasteiger partial charge in [-0.1, -0.05) is 58.9 Å². The van der Waals surface area contributed by atoms with Crippen molar-refractivity contribution in [2.45, 2.75) is 46.5 Å². The van der Waals surface area contributed by atoms with Crippen LogP contribution in [0.2, 0.25) is 0 Å². The predicted molar refractivity (Wildman–Crippen MR) is 82.8 cm³/mol. The maximum atomic E-state index is 5.79. The molecule has 0 fully saturated rings. The maximum Gasteiger partial charge on any atom is 0.196 e. The van der Waals surface area contributed by atoms with E-state index >= 15 is 0 Å². The number of oxazole rings is 1. The Morgan fingerprint density at radius 2 is 2.05 bits per heavy atom. The van der Waals surface area contributed by atoms with Crippen molar-refractivity contribution in [3.05, 3.63) is 42.7 Å².